The third kappa shape index (κ3) is 2.20. The van der Waals surface area contributed by atoms with Crippen LogP contribution in [0.2, 0.25) is 0 Å². The van der Waals surface area contributed by atoms with Gasteiger partial charge in [0.25, 0.3) is 0 Å². The summed E-state index contributed by atoms with van der Waals surface area (Å²) in [6.45, 7) is 4.67. The highest BCUT2D eigenvalue weighted by molar-refractivity contribution is 5.87. The molecular formula is C29H26. The van der Waals surface area contributed by atoms with Crippen molar-refractivity contribution in [1.82, 2.24) is 0 Å². The van der Waals surface area contributed by atoms with Crippen molar-refractivity contribution in [3.63, 3.8) is 0 Å². The van der Waals surface area contributed by atoms with Crippen molar-refractivity contribution in [1.29, 1.82) is 0 Å². The lowest BCUT2D eigenvalue weighted by Crippen LogP contribution is -2.31. The summed E-state index contributed by atoms with van der Waals surface area (Å²) >= 11 is 0. The van der Waals surface area contributed by atoms with Crippen molar-refractivity contribution in [2.75, 3.05) is 0 Å². The van der Waals surface area contributed by atoms with E-state index in [1.807, 2.05) is 0 Å². The van der Waals surface area contributed by atoms with Gasteiger partial charge in [-0.3, -0.25) is 0 Å². The van der Waals surface area contributed by atoms with Crippen LogP contribution in [0.1, 0.15) is 47.6 Å². The maximum absolute atomic E-state index is 2.49. The first kappa shape index (κ1) is 17.0. The Morgan fingerprint density at radius 3 is 2.14 bits per heavy atom. The SMILES string of the molecule is Cc1ccc2c(c1)C(c1ccccc1)(c1ccccc1)C1=C2CC=CC2(C)CC12. The molecule has 3 aliphatic rings. The van der Waals surface area contributed by atoms with Crippen LogP contribution in [0.25, 0.3) is 5.57 Å². The van der Waals surface area contributed by atoms with Crippen LogP contribution in [0.3, 0.4) is 0 Å². The molecule has 6 rings (SSSR count). The van der Waals surface area contributed by atoms with Crippen LogP contribution < -0.4 is 0 Å². The monoisotopic (exact) mass is 374 g/mol. The Labute approximate surface area is 173 Å². The Morgan fingerprint density at radius 1 is 0.828 bits per heavy atom. The summed E-state index contributed by atoms with van der Waals surface area (Å²) in [6.07, 6.45) is 7.22. The Hall–Kier alpha value is -2.86. The smallest absolute Gasteiger partial charge is 0.0676 e. The van der Waals surface area contributed by atoms with Gasteiger partial charge >= 0.3 is 0 Å². The number of benzene rings is 3. The summed E-state index contributed by atoms with van der Waals surface area (Å²) in [5.74, 6) is 0.615. The first-order chi connectivity index (χ1) is 14.1. The van der Waals surface area contributed by atoms with E-state index in [1.54, 1.807) is 11.1 Å². The largest absolute Gasteiger partial charge is 0.0835 e. The normalized spacial score (nSPS) is 25.8. The molecule has 0 saturated heterocycles. The molecule has 3 aromatic carbocycles. The molecule has 1 saturated carbocycles. The molecule has 0 aromatic heterocycles. The molecule has 2 unspecified atom stereocenters. The Morgan fingerprint density at radius 2 is 1.48 bits per heavy atom. The van der Waals surface area contributed by atoms with Crippen molar-refractivity contribution in [2.45, 2.75) is 32.1 Å². The van der Waals surface area contributed by atoms with Gasteiger partial charge in [0.2, 0.25) is 0 Å². The zero-order valence-corrected chi connectivity index (χ0v) is 17.2. The Kier molecular flexibility index (Phi) is 3.42. The molecule has 0 heteroatoms. The summed E-state index contributed by atoms with van der Waals surface area (Å²) in [6, 6.07) is 29.6. The quantitative estimate of drug-likeness (QED) is 0.420. The van der Waals surface area contributed by atoms with Crippen molar-refractivity contribution in [3.8, 4) is 0 Å². The molecule has 3 aromatic rings. The molecule has 0 aliphatic heterocycles. The van der Waals surface area contributed by atoms with Gasteiger partial charge in [0.1, 0.15) is 0 Å². The van der Waals surface area contributed by atoms with Gasteiger partial charge in [-0.05, 0) is 64.5 Å². The number of fused-ring (bicyclic) bond motifs is 4. The minimum absolute atomic E-state index is 0.187. The van der Waals surface area contributed by atoms with E-state index in [2.05, 4.69) is 105 Å². The highest BCUT2D eigenvalue weighted by atomic mass is 14.6. The number of hydrogen-bond acceptors (Lipinski definition) is 0. The summed E-state index contributed by atoms with van der Waals surface area (Å²) < 4.78 is 0. The highest BCUT2D eigenvalue weighted by Gasteiger charge is 2.60. The van der Waals surface area contributed by atoms with Crippen molar-refractivity contribution in [3.05, 3.63) is 124 Å². The van der Waals surface area contributed by atoms with Crippen LogP contribution >= 0.6 is 0 Å². The molecule has 0 spiro atoms. The Balaban J connectivity index is 1.77. The molecular weight excluding hydrogens is 348 g/mol. The van der Waals surface area contributed by atoms with Crippen LogP contribution in [-0.2, 0) is 5.41 Å². The van der Waals surface area contributed by atoms with E-state index in [0.717, 1.165) is 6.42 Å². The lowest BCUT2D eigenvalue weighted by Gasteiger charge is -2.37. The van der Waals surface area contributed by atoms with Crippen LogP contribution in [0.15, 0.2) is 96.6 Å². The van der Waals surface area contributed by atoms with E-state index < -0.39 is 0 Å². The van der Waals surface area contributed by atoms with Crippen molar-refractivity contribution >= 4 is 5.57 Å². The average molecular weight is 375 g/mol. The lowest BCUT2D eigenvalue weighted by molar-refractivity contribution is 0.614. The maximum atomic E-state index is 2.49. The van der Waals surface area contributed by atoms with E-state index in [-0.39, 0.29) is 5.41 Å². The van der Waals surface area contributed by atoms with Gasteiger partial charge in [0.15, 0.2) is 0 Å². The van der Waals surface area contributed by atoms with Gasteiger partial charge in [0.05, 0.1) is 5.41 Å². The zero-order chi connectivity index (χ0) is 19.6. The molecule has 29 heavy (non-hydrogen) atoms. The summed E-state index contributed by atoms with van der Waals surface area (Å²) in [5.41, 5.74) is 10.4. The second-order valence-electron chi connectivity index (χ2n) is 9.29. The van der Waals surface area contributed by atoms with Gasteiger partial charge in [-0.1, -0.05) is 104 Å². The zero-order valence-electron chi connectivity index (χ0n) is 17.2. The van der Waals surface area contributed by atoms with Gasteiger partial charge < -0.3 is 0 Å². The molecule has 0 bridgehead atoms. The molecule has 142 valence electrons. The van der Waals surface area contributed by atoms with Gasteiger partial charge in [-0.15, -0.1) is 0 Å². The second kappa shape index (κ2) is 5.83. The van der Waals surface area contributed by atoms with Crippen LogP contribution in [0, 0.1) is 18.3 Å². The third-order valence-corrected chi connectivity index (χ3v) is 7.50. The number of rotatable bonds is 2. The van der Waals surface area contributed by atoms with Gasteiger partial charge in [0, 0.05) is 0 Å². The van der Waals surface area contributed by atoms with E-state index in [9.17, 15) is 0 Å². The summed E-state index contributed by atoms with van der Waals surface area (Å²) in [5, 5.41) is 0. The molecule has 3 aliphatic carbocycles. The molecule has 0 heterocycles. The predicted octanol–water partition coefficient (Wildman–Crippen LogP) is 7.08. The van der Waals surface area contributed by atoms with Crippen LogP contribution in [-0.4, -0.2) is 0 Å². The molecule has 0 N–H and O–H groups in total. The van der Waals surface area contributed by atoms with E-state index in [4.69, 9.17) is 0 Å². The van der Waals surface area contributed by atoms with E-state index >= 15 is 0 Å². The predicted molar refractivity (Wildman–Crippen MR) is 121 cm³/mol. The lowest BCUT2D eigenvalue weighted by atomic mass is 9.65. The van der Waals surface area contributed by atoms with Gasteiger partial charge in [-0.25, -0.2) is 0 Å². The number of aryl methyl sites for hydroxylation is 1. The molecule has 2 atom stereocenters. The minimum atomic E-state index is -0.187. The third-order valence-electron chi connectivity index (χ3n) is 7.50. The van der Waals surface area contributed by atoms with Crippen molar-refractivity contribution in [2.24, 2.45) is 11.3 Å². The summed E-state index contributed by atoms with van der Waals surface area (Å²) in [4.78, 5) is 0. The van der Waals surface area contributed by atoms with E-state index in [1.165, 1.54) is 34.2 Å². The minimum Gasteiger partial charge on any atom is -0.0835 e. The van der Waals surface area contributed by atoms with Crippen LogP contribution in [0.4, 0.5) is 0 Å². The topological polar surface area (TPSA) is 0 Å². The van der Waals surface area contributed by atoms with Gasteiger partial charge in [-0.2, -0.15) is 0 Å². The summed E-state index contributed by atoms with van der Waals surface area (Å²) in [7, 11) is 0. The molecule has 0 amide bonds. The number of allylic oxidation sites excluding steroid dienone is 4. The molecule has 0 nitrogen and oxygen atoms in total. The molecule has 0 radical (unpaired) electrons. The Bertz CT molecular complexity index is 1120. The fourth-order valence-corrected chi connectivity index (χ4v) is 6.05. The first-order valence-corrected chi connectivity index (χ1v) is 10.8. The van der Waals surface area contributed by atoms with Crippen molar-refractivity contribution < 1.29 is 0 Å². The fourth-order valence-electron chi connectivity index (χ4n) is 6.05. The van der Waals surface area contributed by atoms with E-state index in [0.29, 0.717) is 11.3 Å². The highest BCUT2D eigenvalue weighted by Crippen LogP contribution is 2.69. The second-order valence-corrected chi connectivity index (χ2v) is 9.29. The fraction of sp³-hybridized carbons (Fsp3) is 0.241. The number of hydrogen-bond donors (Lipinski definition) is 0. The standard InChI is InChI=1S/C29H26/c1-20-15-16-23-24-14-9-17-28(2)19-26(28)27(24)29(25(23)18-20,21-10-5-3-6-11-21)22-12-7-4-8-13-22/h3-13,15-18,26H,14,19H2,1-2H3. The average Bonchev–Trinajstić information content (AvgIpc) is 3.36. The first-order valence-electron chi connectivity index (χ1n) is 10.8. The van der Waals surface area contributed by atoms with Crippen LogP contribution in [0.5, 0.6) is 0 Å². The molecule has 1 fully saturated rings. The maximum Gasteiger partial charge on any atom is 0.0676 e.